The lowest BCUT2D eigenvalue weighted by Gasteiger charge is -1.93. The summed E-state index contributed by atoms with van der Waals surface area (Å²) in [6, 6.07) is 0. The van der Waals surface area contributed by atoms with E-state index in [2.05, 4.69) is 31.1 Å². The third kappa shape index (κ3) is 1.19. The predicted octanol–water partition coefficient (Wildman–Crippen LogP) is 1.49. The average Bonchev–Trinajstić information content (AvgIpc) is 2.55. The number of aromatic nitrogens is 4. The Kier molecular flexibility index (Phi) is 1.71. The number of rotatable bonds is 1. The van der Waals surface area contributed by atoms with Crippen LogP contribution in [0.1, 0.15) is 0 Å². The largest absolute Gasteiger partial charge is 0.265 e. The molecule has 0 aliphatic rings. The van der Waals surface area contributed by atoms with Crippen molar-refractivity contribution in [3.05, 3.63) is 22.8 Å². The highest BCUT2D eigenvalue weighted by Gasteiger charge is 2.02. The van der Waals surface area contributed by atoms with E-state index in [0.29, 0.717) is 4.73 Å². The molecule has 0 bridgehead atoms. The van der Waals surface area contributed by atoms with Gasteiger partial charge in [0.25, 0.3) is 0 Å². The molecular formula is C5H3BrN4S. The van der Waals surface area contributed by atoms with Gasteiger partial charge in [0.05, 0.1) is 11.7 Å². The lowest BCUT2D eigenvalue weighted by atomic mass is 10.8. The molecular weight excluding hydrogens is 228 g/mol. The monoisotopic (exact) mass is 230 g/mol. The van der Waals surface area contributed by atoms with Gasteiger partial charge < -0.3 is 0 Å². The second-order valence-electron chi connectivity index (χ2n) is 1.81. The summed E-state index contributed by atoms with van der Waals surface area (Å²) in [6.07, 6.45) is 3.40. The third-order valence-corrected chi connectivity index (χ3v) is 2.47. The van der Waals surface area contributed by atoms with Crippen molar-refractivity contribution < 1.29 is 0 Å². The summed E-state index contributed by atoms with van der Waals surface area (Å²) < 4.78 is 2.51. The Hall–Kier alpha value is -0.750. The van der Waals surface area contributed by atoms with Crippen LogP contribution in [0.15, 0.2) is 22.8 Å². The van der Waals surface area contributed by atoms with Gasteiger partial charge in [0.15, 0.2) is 0 Å². The topological polar surface area (TPSA) is 43.6 Å². The fraction of sp³-hybridized carbons (Fsp3) is 0. The van der Waals surface area contributed by atoms with Gasteiger partial charge in [0, 0.05) is 0 Å². The zero-order valence-electron chi connectivity index (χ0n) is 5.31. The van der Waals surface area contributed by atoms with E-state index in [9.17, 15) is 0 Å². The van der Waals surface area contributed by atoms with Gasteiger partial charge in [-0.2, -0.15) is 0 Å². The van der Waals surface area contributed by atoms with Crippen LogP contribution in [-0.4, -0.2) is 19.7 Å². The minimum Gasteiger partial charge on any atom is -0.265 e. The first-order chi connectivity index (χ1) is 5.38. The zero-order chi connectivity index (χ0) is 7.68. The highest BCUT2D eigenvalue weighted by molar-refractivity contribution is 9.10. The maximum absolute atomic E-state index is 3.94. The van der Waals surface area contributed by atoms with Crippen molar-refractivity contribution >= 4 is 27.3 Å². The summed E-state index contributed by atoms with van der Waals surface area (Å²) in [5, 5.41) is 8.51. The molecule has 0 saturated heterocycles. The van der Waals surface area contributed by atoms with Crippen molar-refractivity contribution in [3.63, 3.8) is 0 Å². The molecule has 2 aromatic heterocycles. The van der Waals surface area contributed by atoms with Crippen molar-refractivity contribution in [1.29, 1.82) is 0 Å². The molecule has 0 amide bonds. The van der Waals surface area contributed by atoms with Crippen LogP contribution >= 0.6 is 27.3 Å². The molecule has 0 spiro atoms. The second-order valence-corrected chi connectivity index (χ2v) is 3.38. The predicted molar refractivity (Wildman–Crippen MR) is 44.7 cm³/mol. The molecule has 4 nitrogen and oxygen atoms in total. The zero-order valence-corrected chi connectivity index (χ0v) is 7.71. The molecule has 2 rings (SSSR count). The molecule has 0 atom stereocenters. The molecule has 0 aliphatic heterocycles. The molecule has 0 unspecified atom stereocenters. The fourth-order valence-electron chi connectivity index (χ4n) is 0.697. The van der Waals surface area contributed by atoms with Gasteiger partial charge in [0.1, 0.15) is 11.3 Å². The van der Waals surface area contributed by atoms with E-state index in [0.717, 1.165) is 5.00 Å². The van der Waals surface area contributed by atoms with E-state index in [1.54, 1.807) is 18.0 Å². The number of halogens is 1. The first-order valence-electron chi connectivity index (χ1n) is 2.82. The molecule has 0 aliphatic carbocycles. The van der Waals surface area contributed by atoms with Gasteiger partial charge in [-0.1, -0.05) is 0 Å². The van der Waals surface area contributed by atoms with E-state index < -0.39 is 0 Å². The van der Waals surface area contributed by atoms with Crippen LogP contribution < -0.4 is 0 Å². The summed E-state index contributed by atoms with van der Waals surface area (Å²) in [5.74, 6) is 0. The Balaban J connectivity index is 2.53. The maximum Gasteiger partial charge on any atom is 0.205 e. The lowest BCUT2D eigenvalue weighted by Crippen LogP contribution is -1.87. The highest BCUT2D eigenvalue weighted by atomic mass is 79.9. The van der Waals surface area contributed by atoms with Crippen LogP contribution in [0, 0.1) is 0 Å². The molecule has 0 fully saturated rings. The van der Waals surface area contributed by atoms with Crippen LogP contribution in [-0.2, 0) is 0 Å². The number of thiazole rings is 1. The minimum atomic E-state index is 0.696. The SMILES string of the molecule is Brc1nncn1-c1cncs1. The molecule has 0 N–H and O–H groups in total. The van der Waals surface area contributed by atoms with E-state index in [1.165, 1.54) is 11.3 Å². The van der Waals surface area contributed by atoms with Crippen molar-refractivity contribution in [2.45, 2.75) is 0 Å². The fourth-order valence-corrected chi connectivity index (χ4v) is 1.79. The normalized spacial score (nSPS) is 10.3. The Morgan fingerprint density at radius 1 is 1.55 bits per heavy atom. The van der Waals surface area contributed by atoms with Crippen LogP contribution in [0.4, 0.5) is 0 Å². The van der Waals surface area contributed by atoms with E-state index in [-0.39, 0.29) is 0 Å². The third-order valence-electron chi connectivity index (χ3n) is 1.16. The standard InChI is InChI=1S/C5H3BrN4S/c6-5-9-8-2-10(5)4-1-7-3-11-4/h1-3H. The second kappa shape index (κ2) is 2.71. The molecule has 11 heavy (non-hydrogen) atoms. The van der Waals surface area contributed by atoms with Crippen LogP contribution in [0.2, 0.25) is 0 Å². The Labute approximate surface area is 75.0 Å². The Bertz CT molecular complexity index is 341. The Morgan fingerprint density at radius 2 is 2.45 bits per heavy atom. The number of nitrogens with zero attached hydrogens (tertiary/aromatic N) is 4. The van der Waals surface area contributed by atoms with E-state index >= 15 is 0 Å². The Morgan fingerprint density at radius 3 is 3.00 bits per heavy atom. The summed E-state index contributed by atoms with van der Waals surface area (Å²) in [6.45, 7) is 0. The van der Waals surface area contributed by atoms with Gasteiger partial charge >= 0.3 is 0 Å². The first kappa shape index (κ1) is 6.93. The van der Waals surface area contributed by atoms with Crippen molar-refractivity contribution in [2.24, 2.45) is 0 Å². The maximum atomic E-state index is 3.94. The molecule has 0 aromatic carbocycles. The van der Waals surface area contributed by atoms with Gasteiger partial charge in [0.2, 0.25) is 4.73 Å². The summed E-state index contributed by atoms with van der Waals surface area (Å²) in [5.41, 5.74) is 1.77. The molecule has 6 heteroatoms. The highest BCUT2D eigenvalue weighted by Crippen LogP contribution is 2.16. The van der Waals surface area contributed by atoms with Gasteiger partial charge in [-0.25, -0.2) is 0 Å². The van der Waals surface area contributed by atoms with Crippen LogP contribution in [0.25, 0.3) is 5.00 Å². The summed E-state index contributed by atoms with van der Waals surface area (Å²) in [4.78, 5) is 3.94. The smallest absolute Gasteiger partial charge is 0.205 e. The average molecular weight is 231 g/mol. The number of hydrogen-bond donors (Lipinski definition) is 0. The first-order valence-corrected chi connectivity index (χ1v) is 4.49. The van der Waals surface area contributed by atoms with Gasteiger partial charge in [-0.05, 0) is 15.9 Å². The van der Waals surface area contributed by atoms with E-state index in [1.807, 2.05) is 4.57 Å². The van der Waals surface area contributed by atoms with Crippen molar-refractivity contribution in [1.82, 2.24) is 19.7 Å². The molecule has 0 saturated carbocycles. The number of hydrogen-bond acceptors (Lipinski definition) is 4. The summed E-state index contributed by atoms with van der Waals surface area (Å²) in [7, 11) is 0. The quantitative estimate of drug-likeness (QED) is 0.746. The molecule has 2 heterocycles. The van der Waals surface area contributed by atoms with Crippen molar-refractivity contribution in [2.75, 3.05) is 0 Å². The molecule has 56 valence electrons. The van der Waals surface area contributed by atoms with Gasteiger partial charge in [-0.15, -0.1) is 21.5 Å². The molecule has 0 radical (unpaired) electrons. The minimum absolute atomic E-state index is 0.696. The lowest BCUT2D eigenvalue weighted by molar-refractivity contribution is 1.03. The van der Waals surface area contributed by atoms with Crippen LogP contribution in [0.3, 0.4) is 0 Å². The van der Waals surface area contributed by atoms with E-state index in [4.69, 9.17) is 0 Å². The van der Waals surface area contributed by atoms with Crippen LogP contribution in [0.5, 0.6) is 0 Å². The summed E-state index contributed by atoms with van der Waals surface area (Å²) >= 11 is 4.79. The molecule has 2 aromatic rings. The van der Waals surface area contributed by atoms with Crippen molar-refractivity contribution in [3.8, 4) is 5.00 Å². The van der Waals surface area contributed by atoms with Gasteiger partial charge in [-0.3, -0.25) is 9.55 Å².